The van der Waals surface area contributed by atoms with Crippen molar-refractivity contribution in [1.82, 2.24) is 4.98 Å². The van der Waals surface area contributed by atoms with Gasteiger partial charge in [0.05, 0.1) is 11.5 Å². The number of hydrogen-bond acceptors (Lipinski definition) is 6. The van der Waals surface area contributed by atoms with Crippen LogP contribution in [0.25, 0.3) is 6.08 Å². The standard InChI is InChI=1S/C17H15Cl2N3O4/c18-13-4-2-12(15(19)10-13)3-7-17(23)26-9-1-8-20-16-6-5-14(11-21-16)22(24)25/h2-7,10-11H,1,8-9H2,(H,20,21)/b7-3+. The van der Waals surface area contributed by atoms with Crippen molar-refractivity contribution in [3.8, 4) is 0 Å². The van der Waals surface area contributed by atoms with Crippen molar-refractivity contribution in [2.75, 3.05) is 18.5 Å². The van der Waals surface area contributed by atoms with Gasteiger partial charge in [0.1, 0.15) is 12.0 Å². The van der Waals surface area contributed by atoms with Gasteiger partial charge in [-0.05, 0) is 36.3 Å². The van der Waals surface area contributed by atoms with E-state index in [9.17, 15) is 14.9 Å². The Kier molecular flexibility index (Phi) is 7.37. The number of carbonyl (C=O) groups excluding carboxylic acids is 1. The number of nitro groups is 1. The van der Waals surface area contributed by atoms with Crippen LogP contribution in [0.15, 0.2) is 42.6 Å². The number of nitrogens with one attached hydrogen (secondary N) is 1. The van der Waals surface area contributed by atoms with E-state index >= 15 is 0 Å². The summed E-state index contributed by atoms with van der Waals surface area (Å²) in [7, 11) is 0. The quantitative estimate of drug-likeness (QED) is 0.234. The van der Waals surface area contributed by atoms with Gasteiger partial charge in [0.2, 0.25) is 0 Å². The maximum atomic E-state index is 11.7. The topological polar surface area (TPSA) is 94.4 Å². The highest BCUT2D eigenvalue weighted by molar-refractivity contribution is 6.35. The summed E-state index contributed by atoms with van der Waals surface area (Å²) in [6, 6.07) is 7.85. The van der Waals surface area contributed by atoms with Crippen LogP contribution in [0.4, 0.5) is 11.5 Å². The summed E-state index contributed by atoms with van der Waals surface area (Å²) in [5, 5.41) is 14.5. The summed E-state index contributed by atoms with van der Waals surface area (Å²) in [6.45, 7) is 0.725. The molecule has 2 rings (SSSR count). The Morgan fingerprint density at radius 1 is 1.31 bits per heavy atom. The van der Waals surface area contributed by atoms with Crippen LogP contribution in [0.3, 0.4) is 0 Å². The molecule has 0 saturated carbocycles. The Hall–Kier alpha value is -2.64. The highest BCUT2D eigenvalue weighted by Crippen LogP contribution is 2.22. The molecule has 0 fully saturated rings. The van der Waals surface area contributed by atoms with Crippen LogP contribution in [0.1, 0.15) is 12.0 Å². The zero-order valence-electron chi connectivity index (χ0n) is 13.5. The van der Waals surface area contributed by atoms with Gasteiger partial charge in [-0.15, -0.1) is 0 Å². The fourth-order valence-electron chi connectivity index (χ4n) is 1.90. The van der Waals surface area contributed by atoms with Gasteiger partial charge in [0.15, 0.2) is 0 Å². The predicted molar refractivity (Wildman–Crippen MR) is 100 cm³/mol. The number of esters is 1. The normalized spacial score (nSPS) is 10.7. The summed E-state index contributed by atoms with van der Waals surface area (Å²) >= 11 is 11.8. The molecule has 1 heterocycles. The number of pyridine rings is 1. The lowest BCUT2D eigenvalue weighted by Crippen LogP contribution is -2.09. The maximum Gasteiger partial charge on any atom is 0.330 e. The number of halogens is 2. The van der Waals surface area contributed by atoms with E-state index in [0.29, 0.717) is 34.4 Å². The van der Waals surface area contributed by atoms with Gasteiger partial charge in [-0.3, -0.25) is 10.1 Å². The number of nitrogens with zero attached hydrogens (tertiary/aromatic N) is 2. The average Bonchev–Trinajstić information content (AvgIpc) is 2.61. The van der Waals surface area contributed by atoms with Crippen LogP contribution in [-0.4, -0.2) is 29.0 Å². The van der Waals surface area contributed by atoms with Crippen LogP contribution in [0, 0.1) is 10.1 Å². The van der Waals surface area contributed by atoms with Crippen molar-refractivity contribution < 1.29 is 14.5 Å². The van der Waals surface area contributed by atoms with Gasteiger partial charge in [-0.25, -0.2) is 9.78 Å². The van der Waals surface area contributed by atoms with Crippen molar-refractivity contribution in [3.05, 3.63) is 68.3 Å². The van der Waals surface area contributed by atoms with E-state index < -0.39 is 10.9 Å². The molecule has 26 heavy (non-hydrogen) atoms. The molecule has 2 aromatic rings. The SMILES string of the molecule is O=C(/C=C/c1ccc(Cl)cc1Cl)OCCCNc1ccc([N+](=O)[O-])cn1. The number of aromatic nitrogens is 1. The lowest BCUT2D eigenvalue weighted by Gasteiger charge is -2.05. The average molecular weight is 396 g/mol. The Morgan fingerprint density at radius 2 is 2.12 bits per heavy atom. The Morgan fingerprint density at radius 3 is 2.77 bits per heavy atom. The molecule has 0 spiro atoms. The third kappa shape index (κ3) is 6.34. The first kappa shape index (κ1) is 19.7. The molecule has 1 aromatic heterocycles. The van der Waals surface area contributed by atoms with E-state index in [2.05, 4.69) is 10.3 Å². The van der Waals surface area contributed by atoms with Crippen LogP contribution < -0.4 is 5.32 Å². The first-order valence-corrected chi connectivity index (χ1v) is 8.35. The molecular formula is C17H15Cl2N3O4. The molecule has 9 heteroatoms. The van der Waals surface area contributed by atoms with E-state index in [1.54, 1.807) is 24.3 Å². The van der Waals surface area contributed by atoms with Crippen molar-refractivity contribution >= 4 is 46.8 Å². The van der Waals surface area contributed by atoms with Gasteiger partial charge in [0.25, 0.3) is 5.69 Å². The van der Waals surface area contributed by atoms with Gasteiger partial charge in [-0.1, -0.05) is 29.3 Å². The Balaban J connectivity index is 1.68. The molecule has 7 nitrogen and oxygen atoms in total. The summed E-state index contributed by atoms with van der Waals surface area (Å²) in [4.78, 5) is 25.6. The minimum atomic E-state index is -0.513. The lowest BCUT2D eigenvalue weighted by molar-refractivity contribution is -0.385. The van der Waals surface area contributed by atoms with Gasteiger partial charge in [0, 0.05) is 28.7 Å². The summed E-state index contributed by atoms with van der Waals surface area (Å²) < 4.78 is 5.07. The van der Waals surface area contributed by atoms with Crippen LogP contribution in [-0.2, 0) is 9.53 Å². The van der Waals surface area contributed by atoms with E-state index in [0.717, 1.165) is 0 Å². The molecule has 0 aliphatic carbocycles. The Bertz CT molecular complexity index is 810. The maximum absolute atomic E-state index is 11.7. The van der Waals surface area contributed by atoms with Gasteiger partial charge < -0.3 is 10.1 Å². The molecule has 0 amide bonds. The highest BCUT2D eigenvalue weighted by Gasteiger charge is 2.05. The fourth-order valence-corrected chi connectivity index (χ4v) is 2.37. The molecular weight excluding hydrogens is 381 g/mol. The summed E-state index contributed by atoms with van der Waals surface area (Å²) in [6.07, 6.45) is 4.58. The van der Waals surface area contributed by atoms with E-state index in [4.69, 9.17) is 27.9 Å². The number of rotatable bonds is 8. The molecule has 0 saturated heterocycles. The second-order valence-electron chi connectivity index (χ2n) is 5.11. The number of hydrogen-bond donors (Lipinski definition) is 1. The molecule has 0 unspecified atom stereocenters. The van der Waals surface area contributed by atoms with Crippen LogP contribution in [0.2, 0.25) is 10.0 Å². The minimum absolute atomic E-state index is 0.0722. The van der Waals surface area contributed by atoms with E-state index in [-0.39, 0.29) is 12.3 Å². The second kappa shape index (κ2) is 9.74. The number of carbonyl (C=O) groups is 1. The highest BCUT2D eigenvalue weighted by atomic mass is 35.5. The lowest BCUT2D eigenvalue weighted by atomic mass is 10.2. The second-order valence-corrected chi connectivity index (χ2v) is 5.95. The van der Waals surface area contributed by atoms with E-state index in [1.165, 1.54) is 24.4 Å². The predicted octanol–water partition coefficient (Wildman–Crippen LogP) is 4.36. The zero-order chi connectivity index (χ0) is 18.9. The molecule has 1 aromatic carbocycles. The third-order valence-corrected chi connectivity index (χ3v) is 3.75. The molecule has 0 aliphatic heterocycles. The van der Waals surface area contributed by atoms with Crippen LogP contribution in [0.5, 0.6) is 0 Å². The van der Waals surface area contributed by atoms with Crippen molar-refractivity contribution in [2.45, 2.75) is 6.42 Å². The molecule has 1 N–H and O–H groups in total. The number of anilines is 1. The summed E-state index contributed by atoms with van der Waals surface area (Å²) in [5.41, 5.74) is 0.594. The minimum Gasteiger partial charge on any atom is -0.462 e. The molecule has 0 atom stereocenters. The first-order valence-electron chi connectivity index (χ1n) is 7.60. The number of benzene rings is 1. The van der Waals surface area contributed by atoms with Gasteiger partial charge in [-0.2, -0.15) is 0 Å². The van der Waals surface area contributed by atoms with Crippen LogP contribution >= 0.6 is 23.2 Å². The summed E-state index contributed by atoms with van der Waals surface area (Å²) in [5.74, 6) is 0.0312. The number of ether oxygens (including phenoxy) is 1. The van der Waals surface area contributed by atoms with Crippen molar-refractivity contribution in [3.63, 3.8) is 0 Å². The molecule has 136 valence electrons. The smallest absolute Gasteiger partial charge is 0.330 e. The molecule has 0 radical (unpaired) electrons. The fraction of sp³-hybridized carbons (Fsp3) is 0.176. The third-order valence-electron chi connectivity index (χ3n) is 3.19. The van der Waals surface area contributed by atoms with Crippen molar-refractivity contribution in [2.24, 2.45) is 0 Å². The molecule has 0 bridgehead atoms. The zero-order valence-corrected chi connectivity index (χ0v) is 15.0. The van der Waals surface area contributed by atoms with Gasteiger partial charge >= 0.3 is 5.97 Å². The first-order chi connectivity index (χ1) is 12.5. The molecule has 0 aliphatic rings. The van der Waals surface area contributed by atoms with E-state index in [1.807, 2.05) is 0 Å². The Labute approximate surface area is 159 Å². The largest absolute Gasteiger partial charge is 0.462 e. The monoisotopic (exact) mass is 395 g/mol. The van der Waals surface area contributed by atoms with Crippen molar-refractivity contribution in [1.29, 1.82) is 0 Å².